The maximum absolute atomic E-state index is 5.93. The summed E-state index contributed by atoms with van der Waals surface area (Å²) >= 11 is 0. The minimum atomic E-state index is 0.127. The molecule has 4 heteroatoms. The first kappa shape index (κ1) is 13.9. The van der Waals surface area contributed by atoms with Crippen LogP contribution in [0.5, 0.6) is 0 Å². The molecule has 0 amide bonds. The second-order valence-electron chi connectivity index (χ2n) is 4.15. The Morgan fingerprint density at radius 1 is 1.47 bits per heavy atom. The lowest BCUT2D eigenvalue weighted by Gasteiger charge is -2.20. The number of anilines is 1. The van der Waals surface area contributed by atoms with Crippen LogP contribution >= 0.6 is 0 Å². The normalized spacial score (nSPS) is 12.6. The summed E-state index contributed by atoms with van der Waals surface area (Å²) in [5.41, 5.74) is 8.08. The molecule has 0 aliphatic heterocycles. The van der Waals surface area contributed by atoms with Crippen molar-refractivity contribution in [3.8, 4) is 0 Å². The molecular weight excluding hydrogens is 214 g/mol. The third-order valence-electron chi connectivity index (χ3n) is 2.59. The Balaban J connectivity index is 2.82. The average Bonchev–Trinajstić information content (AvgIpc) is 2.33. The van der Waals surface area contributed by atoms with Gasteiger partial charge < -0.3 is 15.8 Å². The van der Waals surface area contributed by atoms with E-state index in [1.807, 2.05) is 13.8 Å². The maximum atomic E-state index is 5.93. The number of ether oxygens (including phenoxy) is 1. The number of nitrogen functional groups attached to an aromatic ring is 1. The highest BCUT2D eigenvalue weighted by Gasteiger charge is 2.14. The highest BCUT2D eigenvalue weighted by molar-refractivity contribution is 5.43. The second kappa shape index (κ2) is 7.25. The highest BCUT2D eigenvalue weighted by atomic mass is 16.5. The Morgan fingerprint density at radius 3 is 2.88 bits per heavy atom. The molecule has 0 fully saturated rings. The van der Waals surface area contributed by atoms with E-state index in [9.17, 15) is 0 Å². The van der Waals surface area contributed by atoms with E-state index in [4.69, 9.17) is 10.5 Å². The number of hydrogen-bond acceptors (Lipinski definition) is 4. The van der Waals surface area contributed by atoms with Gasteiger partial charge in [-0.3, -0.25) is 0 Å². The van der Waals surface area contributed by atoms with E-state index in [0.717, 1.165) is 24.1 Å². The van der Waals surface area contributed by atoms with Crippen LogP contribution in [-0.2, 0) is 4.74 Å². The van der Waals surface area contributed by atoms with Gasteiger partial charge in [-0.15, -0.1) is 0 Å². The smallest absolute Gasteiger partial charge is 0.128 e. The molecule has 0 radical (unpaired) electrons. The van der Waals surface area contributed by atoms with E-state index < -0.39 is 0 Å². The van der Waals surface area contributed by atoms with Crippen molar-refractivity contribution in [1.29, 1.82) is 0 Å². The van der Waals surface area contributed by atoms with E-state index in [1.54, 1.807) is 6.20 Å². The predicted molar refractivity (Wildman–Crippen MR) is 70.9 cm³/mol. The van der Waals surface area contributed by atoms with E-state index in [1.165, 1.54) is 0 Å². The summed E-state index contributed by atoms with van der Waals surface area (Å²) in [5.74, 6) is 0.587. The lowest BCUT2D eigenvalue weighted by molar-refractivity contribution is 0.123. The Morgan fingerprint density at radius 2 is 2.24 bits per heavy atom. The Bertz CT molecular complexity index is 333. The first-order valence-corrected chi connectivity index (χ1v) is 6.22. The van der Waals surface area contributed by atoms with Gasteiger partial charge in [-0.05, 0) is 38.4 Å². The van der Waals surface area contributed by atoms with Crippen LogP contribution in [0.4, 0.5) is 5.82 Å². The first-order valence-electron chi connectivity index (χ1n) is 6.22. The van der Waals surface area contributed by atoms with Crippen molar-refractivity contribution in [3.63, 3.8) is 0 Å². The molecule has 96 valence electrons. The van der Waals surface area contributed by atoms with Crippen molar-refractivity contribution in [2.45, 2.75) is 33.2 Å². The molecule has 4 nitrogen and oxygen atoms in total. The molecule has 1 rings (SSSR count). The molecule has 0 aromatic carbocycles. The Labute approximate surface area is 104 Å². The molecular formula is C13H23N3O. The van der Waals surface area contributed by atoms with E-state index >= 15 is 0 Å². The Kier molecular flexibility index (Phi) is 5.94. The summed E-state index contributed by atoms with van der Waals surface area (Å²) in [6.07, 6.45) is 2.87. The number of aromatic nitrogens is 1. The minimum Gasteiger partial charge on any atom is -0.383 e. The van der Waals surface area contributed by atoms with Gasteiger partial charge in [-0.2, -0.15) is 0 Å². The third-order valence-corrected chi connectivity index (χ3v) is 2.59. The van der Waals surface area contributed by atoms with Crippen LogP contribution in [0.15, 0.2) is 12.3 Å². The van der Waals surface area contributed by atoms with Crippen molar-refractivity contribution in [1.82, 2.24) is 10.3 Å². The van der Waals surface area contributed by atoms with Gasteiger partial charge >= 0.3 is 0 Å². The van der Waals surface area contributed by atoms with Crippen LogP contribution in [0.25, 0.3) is 0 Å². The zero-order valence-corrected chi connectivity index (χ0v) is 11.0. The number of rotatable bonds is 7. The highest BCUT2D eigenvalue weighted by Crippen LogP contribution is 2.20. The quantitative estimate of drug-likeness (QED) is 0.762. The topological polar surface area (TPSA) is 60.2 Å². The van der Waals surface area contributed by atoms with Crippen LogP contribution in [-0.4, -0.2) is 24.7 Å². The molecule has 0 aliphatic carbocycles. The van der Waals surface area contributed by atoms with E-state index in [0.29, 0.717) is 19.0 Å². The van der Waals surface area contributed by atoms with Crippen molar-refractivity contribution in [2.24, 2.45) is 0 Å². The molecule has 1 aromatic heterocycles. The number of pyridine rings is 1. The van der Waals surface area contributed by atoms with Crippen molar-refractivity contribution >= 4 is 5.82 Å². The van der Waals surface area contributed by atoms with Gasteiger partial charge in [0.05, 0.1) is 12.6 Å². The van der Waals surface area contributed by atoms with Crippen LogP contribution < -0.4 is 11.1 Å². The molecule has 1 heterocycles. The summed E-state index contributed by atoms with van der Waals surface area (Å²) < 4.78 is 5.50. The molecule has 0 bridgehead atoms. The zero-order valence-electron chi connectivity index (χ0n) is 11.0. The summed E-state index contributed by atoms with van der Waals surface area (Å²) in [6, 6.07) is 2.21. The molecule has 0 saturated carbocycles. The monoisotopic (exact) mass is 237 g/mol. The summed E-state index contributed by atoms with van der Waals surface area (Å²) in [7, 11) is 0. The predicted octanol–water partition coefficient (Wildman–Crippen LogP) is 2.05. The maximum Gasteiger partial charge on any atom is 0.128 e. The molecule has 1 atom stereocenters. The number of nitrogens with two attached hydrogens (primary N) is 1. The minimum absolute atomic E-state index is 0.127. The van der Waals surface area contributed by atoms with E-state index in [-0.39, 0.29) is 6.04 Å². The first-order chi connectivity index (χ1) is 8.19. The van der Waals surface area contributed by atoms with Crippen molar-refractivity contribution < 1.29 is 4.74 Å². The van der Waals surface area contributed by atoms with Gasteiger partial charge in [0.2, 0.25) is 0 Å². The molecule has 1 unspecified atom stereocenters. The molecule has 3 N–H and O–H groups in total. The molecule has 1 aromatic rings. The van der Waals surface area contributed by atoms with Crippen LogP contribution in [0.2, 0.25) is 0 Å². The van der Waals surface area contributed by atoms with Crippen LogP contribution in [0, 0.1) is 6.92 Å². The van der Waals surface area contributed by atoms with Crippen molar-refractivity contribution in [2.75, 3.05) is 25.5 Å². The summed E-state index contributed by atoms with van der Waals surface area (Å²) in [4.78, 5) is 4.20. The number of aryl methyl sites for hydroxylation is 1. The van der Waals surface area contributed by atoms with Gasteiger partial charge in [0.25, 0.3) is 0 Å². The van der Waals surface area contributed by atoms with E-state index in [2.05, 4.69) is 23.3 Å². The molecule has 0 spiro atoms. The number of hydrogen-bond donors (Lipinski definition) is 2. The average molecular weight is 237 g/mol. The summed E-state index contributed by atoms with van der Waals surface area (Å²) in [6.45, 7) is 8.45. The van der Waals surface area contributed by atoms with Gasteiger partial charge in [-0.25, -0.2) is 4.98 Å². The molecule has 0 aliphatic rings. The van der Waals surface area contributed by atoms with Gasteiger partial charge in [-0.1, -0.05) is 6.92 Å². The number of nitrogens with one attached hydrogen (secondary N) is 1. The molecule has 0 saturated heterocycles. The lowest BCUT2D eigenvalue weighted by Crippen LogP contribution is -2.27. The van der Waals surface area contributed by atoms with Crippen molar-refractivity contribution in [3.05, 3.63) is 23.4 Å². The largest absolute Gasteiger partial charge is 0.383 e. The molecule has 17 heavy (non-hydrogen) atoms. The fraction of sp³-hybridized carbons (Fsp3) is 0.615. The lowest BCUT2D eigenvalue weighted by atomic mass is 10.1. The van der Waals surface area contributed by atoms with Gasteiger partial charge in [0.15, 0.2) is 0 Å². The SMILES string of the molecule is CCCNC(COCC)c1cc(C)cnc1N. The van der Waals surface area contributed by atoms with Gasteiger partial charge in [0, 0.05) is 18.4 Å². The second-order valence-corrected chi connectivity index (χ2v) is 4.15. The Hall–Kier alpha value is -1.13. The fourth-order valence-electron chi connectivity index (χ4n) is 1.69. The summed E-state index contributed by atoms with van der Waals surface area (Å²) in [5, 5.41) is 3.44. The third kappa shape index (κ3) is 4.32. The van der Waals surface area contributed by atoms with Crippen LogP contribution in [0.1, 0.15) is 37.4 Å². The van der Waals surface area contributed by atoms with Crippen LogP contribution in [0.3, 0.4) is 0 Å². The number of nitrogens with zero attached hydrogens (tertiary/aromatic N) is 1. The van der Waals surface area contributed by atoms with Gasteiger partial charge in [0.1, 0.15) is 5.82 Å². The zero-order chi connectivity index (χ0) is 12.7. The fourth-order valence-corrected chi connectivity index (χ4v) is 1.69. The standard InChI is InChI=1S/C13H23N3O/c1-4-6-15-12(9-17-5-2)11-7-10(3)8-16-13(11)14/h7-8,12,15H,4-6,9H2,1-3H3,(H2,14,16).